The molecule has 174 valence electrons. The van der Waals surface area contributed by atoms with Crippen molar-refractivity contribution in [3.8, 4) is 0 Å². The van der Waals surface area contributed by atoms with E-state index >= 15 is 0 Å². The Morgan fingerprint density at radius 1 is 0.812 bits per heavy atom. The summed E-state index contributed by atoms with van der Waals surface area (Å²) in [5.41, 5.74) is 0.588. The summed E-state index contributed by atoms with van der Waals surface area (Å²) < 4.78 is 5.95. The number of ether oxygens (including phenoxy) is 1. The number of hydrogen-bond acceptors (Lipinski definition) is 3. The third kappa shape index (κ3) is 7.53. The summed E-state index contributed by atoms with van der Waals surface area (Å²) in [6.45, 7) is 10.9. The fourth-order valence-electron chi connectivity index (χ4n) is 4.23. The minimum atomic E-state index is -0.410. The van der Waals surface area contributed by atoms with Gasteiger partial charge in [-0.05, 0) is 80.1 Å². The lowest BCUT2D eigenvalue weighted by molar-refractivity contribution is -0.0271. The van der Waals surface area contributed by atoms with Crippen LogP contribution in [0.5, 0.6) is 0 Å². The lowest BCUT2D eigenvalue weighted by atomic mass is 9.70. The summed E-state index contributed by atoms with van der Waals surface area (Å²) in [5.74, 6) is 0.153. The second-order valence-electron chi connectivity index (χ2n) is 9.30. The van der Waals surface area contributed by atoms with E-state index in [-0.39, 0.29) is 5.91 Å². The highest BCUT2D eigenvalue weighted by molar-refractivity contribution is 6.31. The molecule has 0 saturated carbocycles. The molecule has 6 heteroatoms. The molecule has 0 saturated heterocycles. The van der Waals surface area contributed by atoms with E-state index in [1.54, 1.807) is 48.5 Å². The molecule has 1 unspecified atom stereocenters. The van der Waals surface area contributed by atoms with Gasteiger partial charge >= 0.3 is 5.97 Å². The fraction of sp³-hybridized carbons (Fsp3) is 0.462. The first-order valence-electron chi connectivity index (χ1n) is 11.0. The largest absolute Gasteiger partial charge is 0.458 e. The average Bonchev–Trinajstić information content (AvgIpc) is 2.71. The number of carbonyl (C=O) groups is 2. The molecule has 2 aromatic rings. The Balaban J connectivity index is 2.25. The smallest absolute Gasteiger partial charge is 0.338 e. The molecule has 4 nitrogen and oxygen atoms in total. The van der Waals surface area contributed by atoms with E-state index in [1.165, 1.54) is 0 Å². The Labute approximate surface area is 201 Å². The number of hydrogen-bond donors (Lipinski definition) is 1. The number of rotatable bonds is 10. The van der Waals surface area contributed by atoms with Gasteiger partial charge < -0.3 is 10.1 Å². The summed E-state index contributed by atoms with van der Waals surface area (Å²) in [4.78, 5) is 25.6. The molecular formula is C26H33Cl2NO3. The van der Waals surface area contributed by atoms with Crippen molar-refractivity contribution in [2.75, 3.05) is 6.54 Å². The first-order chi connectivity index (χ1) is 15.0. The van der Waals surface area contributed by atoms with Crippen LogP contribution in [0, 0.1) is 17.3 Å². The van der Waals surface area contributed by atoms with Gasteiger partial charge in [0.2, 0.25) is 0 Å². The zero-order chi connectivity index (χ0) is 23.9. The van der Waals surface area contributed by atoms with Gasteiger partial charge in [-0.25, -0.2) is 4.79 Å². The Morgan fingerprint density at radius 3 is 1.69 bits per heavy atom. The Morgan fingerprint density at radius 2 is 1.25 bits per heavy atom. The number of halogens is 2. The number of benzene rings is 2. The molecule has 0 heterocycles. The molecule has 0 bridgehead atoms. The number of esters is 1. The summed E-state index contributed by atoms with van der Waals surface area (Å²) in [6, 6.07) is 13.5. The van der Waals surface area contributed by atoms with Gasteiger partial charge in [-0.15, -0.1) is 0 Å². The molecule has 0 fully saturated rings. The minimum Gasteiger partial charge on any atom is -0.458 e. The van der Waals surface area contributed by atoms with Crippen molar-refractivity contribution in [3.05, 3.63) is 69.7 Å². The molecule has 2 rings (SSSR count). The van der Waals surface area contributed by atoms with Crippen LogP contribution in [-0.2, 0) is 4.74 Å². The highest BCUT2D eigenvalue weighted by Crippen LogP contribution is 2.39. The second kappa shape index (κ2) is 11.7. The molecule has 0 aliphatic rings. The van der Waals surface area contributed by atoms with Gasteiger partial charge in [-0.2, -0.15) is 0 Å². The van der Waals surface area contributed by atoms with Gasteiger partial charge in [0, 0.05) is 27.6 Å². The van der Waals surface area contributed by atoms with Crippen LogP contribution < -0.4 is 5.32 Å². The van der Waals surface area contributed by atoms with E-state index in [0.29, 0.717) is 39.6 Å². The van der Waals surface area contributed by atoms with Crippen molar-refractivity contribution >= 4 is 35.1 Å². The summed E-state index contributed by atoms with van der Waals surface area (Å²) in [7, 11) is 0. The molecule has 1 N–H and O–H groups in total. The van der Waals surface area contributed by atoms with Gasteiger partial charge in [-0.1, -0.05) is 50.9 Å². The van der Waals surface area contributed by atoms with E-state index < -0.39 is 17.5 Å². The van der Waals surface area contributed by atoms with E-state index in [4.69, 9.17) is 27.9 Å². The molecule has 0 aromatic heterocycles. The lowest BCUT2D eigenvalue weighted by Gasteiger charge is -2.41. The normalized spacial score (nSPS) is 12.7. The fourth-order valence-corrected chi connectivity index (χ4v) is 4.48. The maximum absolute atomic E-state index is 12.8. The SMILES string of the molecule is CC(C)CC(CNC(=O)c1ccc(Cl)cc1)(CC(C)C)C(C)OC(=O)c1ccc(Cl)cc1. The zero-order valence-corrected chi connectivity index (χ0v) is 21.0. The van der Waals surface area contributed by atoms with Crippen LogP contribution in [-0.4, -0.2) is 24.5 Å². The molecule has 0 aliphatic heterocycles. The molecular weight excluding hydrogens is 445 g/mol. The topological polar surface area (TPSA) is 55.4 Å². The first-order valence-corrected chi connectivity index (χ1v) is 11.8. The summed E-state index contributed by atoms with van der Waals surface area (Å²) in [5, 5.41) is 4.23. The second-order valence-corrected chi connectivity index (χ2v) is 10.2. The summed E-state index contributed by atoms with van der Waals surface area (Å²) >= 11 is 11.9. The van der Waals surface area contributed by atoms with Crippen molar-refractivity contribution in [1.82, 2.24) is 5.32 Å². The van der Waals surface area contributed by atoms with Crippen molar-refractivity contribution in [2.24, 2.45) is 17.3 Å². The maximum Gasteiger partial charge on any atom is 0.338 e. The van der Waals surface area contributed by atoms with E-state index in [2.05, 4.69) is 33.0 Å². The van der Waals surface area contributed by atoms with Gasteiger partial charge in [0.15, 0.2) is 0 Å². The van der Waals surface area contributed by atoms with Crippen LogP contribution in [0.2, 0.25) is 10.0 Å². The van der Waals surface area contributed by atoms with Crippen molar-refractivity contribution in [1.29, 1.82) is 0 Å². The Hall–Kier alpha value is -2.04. The predicted molar refractivity (Wildman–Crippen MR) is 131 cm³/mol. The molecule has 0 spiro atoms. The summed E-state index contributed by atoms with van der Waals surface area (Å²) in [6.07, 6.45) is 1.21. The first kappa shape index (κ1) is 26.2. The Kier molecular flexibility index (Phi) is 9.60. The molecule has 0 radical (unpaired) electrons. The standard InChI is InChI=1S/C26H33Cl2NO3/c1-17(2)14-26(15-18(3)4,16-29-24(30)20-6-10-22(27)11-7-20)19(5)32-25(31)21-8-12-23(28)13-9-21/h6-13,17-19H,14-16H2,1-5H3,(H,29,30). The van der Waals surface area contributed by atoms with Crippen molar-refractivity contribution in [3.63, 3.8) is 0 Å². The van der Waals surface area contributed by atoms with E-state index in [9.17, 15) is 9.59 Å². The van der Waals surface area contributed by atoms with Crippen molar-refractivity contribution in [2.45, 2.75) is 53.6 Å². The highest BCUT2D eigenvalue weighted by Gasteiger charge is 2.40. The van der Waals surface area contributed by atoms with Crippen LogP contribution in [0.4, 0.5) is 0 Å². The van der Waals surface area contributed by atoms with Crippen LogP contribution in [0.1, 0.15) is 68.2 Å². The average molecular weight is 478 g/mol. The van der Waals surface area contributed by atoms with Crippen LogP contribution in [0.15, 0.2) is 48.5 Å². The van der Waals surface area contributed by atoms with Gasteiger partial charge in [0.25, 0.3) is 5.91 Å². The number of amides is 1. The lowest BCUT2D eigenvalue weighted by Crippen LogP contribution is -2.47. The van der Waals surface area contributed by atoms with E-state index in [0.717, 1.165) is 12.8 Å². The maximum atomic E-state index is 12.8. The van der Waals surface area contributed by atoms with Gasteiger partial charge in [0.1, 0.15) is 6.10 Å². The third-order valence-electron chi connectivity index (χ3n) is 5.56. The molecule has 1 atom stereocenters. The molecule has 0 aliphatic carbocycles. The number of carbonyl (C=O) groups excluding carboxylic acids is 2. The van der Waals surface area contributed by atoms with Crippen LogP contribution in [0.3, 0.4) is 0 Å². The van der Waals surface area contributed by atoms with Gasteiger partial charge in [0.05, 0.1) is 5.56 Å². The zero-order valence-electron chi connectivity index (χ0n) is 19.5. The molecule has 2 aromatic carbocycles. The molecule has 32 heavy (non-hydrogen) atoms. The monoisotopic (exact) mass is 477 g/mol. The highest BCUT2D eigenvalue weighted by atomic mass is 35.5. The van der Waals surface area contributed by atoms with E-state index in [1.807, 2.05) is 6.92 Å². The number of nitrogens with one attached hydrogen (secondary N) is 1. The van der Waals surface area contributed by atoms with Gasteiger partial charge in [-0.3, -0.25) is 4.79 Å². The molecule has 1 amide bonds. The minimum absolute atomic E-state index is 0.171. The predicted octanol–water partition coefficient (Wildman–Crippen LogP) is 7.05. The van der Waals surface area contributed by atoms with Crippen LogP contribution >= 0.6 is 23.2 Å². The Bertz CT molecular complexity index is 882. The van der Waals surface area contributed by atoms with Crippen LogP contribution in [0.25, 0.3) is 0 Å². The quantitative estimate of drug-likeness (QED) is 0.373. The van der Waals surface area contributed by atoms with Crippen molar-refractivity contribution < 1.29 is 14.3 Å². The third-order valence-corrected chi connectivity index (χ3v) is 6.07.